The molecule has 1 aromatic heterocycles. The summed E-state index contributed by atoms with van der Waals surface area (Å²) >= 11 is 3.15. The molecule has 0 radical (unpaired) electrons. The molecule has 0 aliphatic heterocycles. The molecule has 0 aliphatic rings. The van der Waals surface area contributed by atoms with Crippen LogP contribution in [0.2, 0.25) is 0 Å². The highest BCUT2D eigenvalue weighted by Gasteiger charge is 2.05. The molecule has 0 spiro atoms. The lowest BCUT2D eigenvalue weighted by atomic mass is 10.3. The highest BCUT2D eigenvalue weighted by Crippen LogP contribution is 2.11. The Morgan fingerprint density at radius 3 is 2.89 bits per heavy atom. The summed E-state index contributed by atoms with van der Waals surface area (Å²) in [5.41, 5.74) is 0.291. The van der Waals surface area contributed by atoms with E-state index in [0.29, 0.717) is 29.1 Å². The molecule has 6 heteroatoms. The molecule has 19 heavy (non-hydrogen) atoms. The average molecular weight is 326 g/mol. The molecule has 0 saturated carbocycles. The number of benzene rings is 1. The summed E-state index contributed by atoms with van der Waals surface area (Å²) in [5.74, 6) is 0.322. The Morgan fingerprint density at radius 1 is 1.42 bits per heavy atom. The molecule has 0 aliphatic carbocycles. The van der Waals surface area contributed by atoms with Crippen LogP contribution in [-0.4, -0.2) is 16.1 Å². The van der Waals surface area contributed by atoms with Crippen molar-refractivity contribution in [3.05, 3.63) is 56.9 Å². The first-order valence-electron chi connectivity index (χ1n) is 5.80. The maximum absolute atomic E-state index is 13.4. The van der Waals surface area contributed by atoms with Gasteiger partial charge in [0.05, 0.1) is 5.69 Å². The Bertz CT molecular complexity index is 642. The Balaban J connectivity index is 2.07. The first kappa shape index (κ1) is 13.7. The molecule has 1 N–H and O–H groups in total. The van der Waals surface area contributed by atoms with Crippen molar-refractivity contribution < 1.29 is 4.39 Å². The molecule has 1 heterocycles. The molecule has 4 nitrogen and oxygen atoms in total. The first-order chi connectivity index (χ1) is 9.09. The topological polar surface area (TPSA) is 46.9 Å². The average Bonchev–Trinajstić information content (AvgIpc) is 2.40. The zero-order chi connectivity index (χ0) is 13.8. The lowest BCUT2D eigenvalue weighted by Gasteiger charge is -2.11. The largest absolute Gasteiger partial charge is 0.381 e. The van der Waals surface area contributed by atoms with Crippen LogP contribution in [0.1, 0.15) is 5.82 Å². The quantitative estimate of drug-likeness (QED) is 0.939. The van der Waals surface area contributed by atoms with Gasteiger partial charge in [0, 0.05) is 19.3 Å². The fourth-order valence-corrected chi connectivity index (χ4v) is 2.04. The van der Waals surface area contributed by atoms with Crippen molar-refractivity contribution in [3.8, 4) is 0 Å². The first-order valence-corrected chi connectivity index (χ1v) is 6.59. The van der Waals surface area contributed by atoms with Gasteiger partial charge in [-0.3, -0.25) is 9.36 Å². The summed E-state index contributed by atoms with van der Waals surface area (Å²) in [6.45, 7) is 2.63. The van der Waals surface area contributed by atoms with Crippen molar-refractivity contribution in [2.45, 2.75) is 13.5 Å². The molecular formula is C13H13BrFN3O. The predicted octanol–water partition coefficient (Wildman–Crippen LogP) is 2.57. The molecule has 2 rings (SSSR count). The van der Waals surface area contributed by atoms with Gasteiger partial charge in [-0.05, 0) is 35.0 Å². The number of nitrogens with one attached hydrogen (secondary N) is 1. The Hall–Kier alpha value is -1.69. The number of rotatable bonds is 4. The minimum atomic E-state index is -0.307. The molecule has 0 atom stereocenters. The van der Waals surface area contributed by atoms with Crippen LogP contribution in [0.5, 0.6) is 0 Å². The van der Waals surface area contributed by atoms with E-state index in [0.717, 1.165) is 0 Å². The zero-order valence-electron chi connectivity index (χ0n) is 10.4. The lowest BCUT2D eigenvalue weighted by Crippen LogP contribution is -2.27. The van der Waals surface area contributed by atoms with Crippen molar-refractivity contribution in [1.82, 2.24) is 9.55 Å². The second kappa shape index (κ2) is 5.97. The van der Waals surface area contributed by atoms with Gasteiger partial charge in [0.2, 0.25) is 0 Å². The maximum Gasteiger partial charge on any atom is 0.267 e. The van der Waals surface area contributed by atoms with Gasteiger partial charge in [0.15, 0.2) is 0 Å². The van der Waals surface area contributed by atoms with Crippen LogP contribution in [0.25, 0.3) is 0 Å². The van der Waals surface area contributed by atoms with Crippen LogP contribution in [0, 0.1) is 12.7 Å². The van der Waals surface area contributed by atoms with Gasteiger partial charge in [0.25, 0.3) is 5.56 Å². The highest BCUT2D eigenvalue weighted by molar-refractivity contribution is 9.10. The van der Waals surface area contributed by atoms with E-state index in [-0.39, 0.29) is 11.4 Å². The second-order valence-electron chi connectivity index (χ2n) is 4.02. The third-order valence-electron chi connectivity index (χ3n) is 2.73. The number of nitrogens with zero attached hydrogens (tertiary/aromatic N) is 2. The van der Waals surface area contributed by atoms with E-state index in [2.05, 4.69) is 26.2 Å². The molecular weight excluding hydrogens is 313 g/mol. The van der Waals surface area contributed by atoms with Crippen molar-refractivity contribution in [1.29, 1.82) is 0 Å². The smallest absolute Gasteiger partial charge is 0.267 e. The molecule has 2 aromatic rings. The summed E-state index contributed by atoms with van der Waals surface area (Å²) in [6.07, 6.45) is 1.48. The standard InChI is InChI=1S/C13H13BrFN3O/c1-9-17-8-10(14)13(19)18(9)7-6-16-12-5-3-2-4-11(12)15/h2-5,8,16H,6-7H2,1H3. The molecule has 0 saturated heterocycles. The van der Waals surface area contributed by atoms with Crippen LogP contribution in [-0.2, 0) is 6.54 Å². The molecule has 0 fully saturated rings. The van der Waals surface area contributed by atoms with E-state index in [1.54, 1.807) is 25.1 Å². The van der Waals surface area contributed by atoms with Gasteiger partial charge in [0.1, 0.15) is 16.1 Å². The zero-order valence-corrected chi connectivity index (χ0v) is 11.9. The third-order valence-corrected chi connectivity index (χ3v) is 3.27. The normalized spacial score (nSPS) is 10.5. The summed E-state index contributed by atoms with van der Waals surface area (Å²) in [7, 11) is 0. The van der Waals surface area contributed by atoms with Crippen LogP contribution in [0.15, 0.2) is 39.7 Å². The van der Waals surface area contributed by atoms with Crippen LogP contribution in [0.3, 0.4) is 0 Å². The third kappa shape index (κ3) is 3.20. The predicted molar refractivity (Wildman–Crippen MR) is 75.8 cm³/mol. The van der Waals surface area contributed by atoms with E-state index in [1.165, 1.54) is 16.8 Å². The van der Waals surface area contributed by atoms with Gasteiger partial charge < -0.3 is 5.32 Å². The van der Waals surface area contributed by atoms with Crippen LogP contribution >= 0.6 is 15.9 Å². The van der Waals surface area contributed by atoms with Crippen molar-refractivity contribution in [3.63, 3.8) is 0 Å². The summed E-state index contributed by atoms with van der Waals surface area (Å²) in [4.78, 5) is 16.0. The monoisotopic (exact) mass is 325 g/mol. The summed E-state index contributed by atoms with van der Waals surface area (Å²) in [6, 6.07) is 6.43. The lowest BCUT2D eigenvalue weighted by molar-refractivity contribution is 0.621. The number of aryl methyl sites for hydroxylation is 1. The number of halogens is 2. The van der Waals surface area contributed by atoms with Crippen LogP contribution in [0.4, 0.5) is 10.1 Å². The Kier molecular flexibility index (Phi) is 4.31. The second-order valence-corrected chi connectivity index (χ2v) is 4.87. The van der Waals surface area contributed by atoms with Crippen molar-refractivity contribution >= 4 is 21.6 Å². The molecule has 0 unspecified atom stereocenters. The van der Waals surface area contributed by atoms with Gasteiger partial charge in [-0.15, -0.1) is 0 Å². The minimum absolute atomic E-state index is 0.136. The van der Waals surface area contributed by atoms with Crippen molar-refractivity contribution in [2.75, 3.05) is 11.9 Å². The van der Waals surface area contributed by atoms with Gasteiger partial charge in [-0.2, -0.15) is 0 Å². The number of aromatic nitrogens is 2. The summed E-state index contributed by atoms with van der Waals surface area (Å²) < 4.78 is 15.3. The fraction of sp³-hybridized carbons (Fsp3) is 0.231. The SMILES string of the molecule is Cc1ncc(Br)c(=O)n1CCNc1ccccc1F. The number of hydrogen-bond donors (Lipinski definition) is 1. The Labute approximate surface area is 118 Å². The van der Waals surface area contributed by atoms with E-state index in [4.69, 9.17) is 0 Å². The highest BCUT2D eigenvalue weighted by atomic mass is 79.9. The molecule has 0 amide bonds. The summed E-state index contributed by atoms with van der Waals surface area (Å²) in [5, 5.41) is 2.96. The van der Waals surface area contributed by atoms with Crippen LogP contribution < -0.4 is 10.9 Å². The molecule has 100 valence electrons. The number of hydrogen-bond acceptors (Lipinski definition) is 3. The van der Waals surface area contributed by atoms with E-state index >= 15 is 0 Å². The van der Waals surface area contributed by atoms with E-state index < -0.39 is 0 Å². The maximum atomic E-state index is 13.4. The number of anilines is 1. The van der Waals surface area contributed by atoms with Gasteiger partial charge in [-0.25, -0.2) is 9.37 Å². The van der Waals surface area contributed by atoms with Gasteiger partial charge in [-0.1, -0.05) is 12.1 Å². The Morgan fingerprint density at radius 2 is 2.16 bits per heavy atom. The van der Waals surface area contributed by atoms with E-state index in [1.807, 2.05) is 0 Å². The van der Waals surface area contributed by atoms with Crippen molar-refractivity contribution in [2.24, 2.45) is 0 Å². The minimum Gasteiger partial charge on any atom is -0.381 e. The number of para-hydroxylation sites is 1. The van der Waals surface area contributed by atoms with E-state index in [9.17, 15) is 9.18 Å². The van der Waals surface area contributed by atoms with Gasteiger partial charge >= 0.3 is 0 Å². The molecule has 0 bridgehead atoms. The fourth-order valence-electron chi connectivity index (χ4n) is 1.72. The molecule has 1 aromatic carbocycles.